The molecule has 1 fully saturated rings. The normalized spacial score (nSPS) is 20.8. The number of hydrogen-bond donors (Lipinski definition) is 2. The largest absolute Gasteiger partial charge is 0.481 e. The van der Waals surface area contributed by atoms with E-state index in [1.165, 1.54) is 26.2 Å². The van der Waals surface area contributed by atoms with E-state index in [-0.39, 0.29) is 17.3 Å². The van der Waals surface area contributed by atoms with Crippen molar-refractivity contribution < 1.29 is 23.1 Å². The molecule has 7 nitrogen and oxygen atoms in total. The minimum Gasteiger partial charge on any atom is -0.481 e. The summed E-state index contributed by atoms with van der Waals surface area (Å²) < 4.78 is 25.0. The number of carboxylic acid groups (broad SMARTS) is 1. The molecule has 2 N–H and O–H groups in total. The lowest BCUT2D eigenvalue weighted by Gasteiger charge is -2.31. The van der Waals surface area contributed by atoms with E-state index in [1.807, 2.05) is 0 Å². The fourth-order valence-corrected chi connectivity index (χ4v) is 3.32. The molecule has 0 aromatic heterocycles. The number of amides is 1. The Labute approximate surface area is 135 Å². The summed E-state index contributed by atoms with van der Waals surface area (Å²) in [6, 6.07) is 6.23. The maximum Gasteiger partial charge on any atom is 0.307 e. The van der Waals surface area contributed by atoms with Crippen LogP contribution in [0.3, 0.4) is 0 Å². The molecule has 2 atom stereocenters. The maximum absolute atomic E-state index is 12.0. The standard InChI is InChI=1S/C15H20N2O5S/c1-17(2)23(21,22)11-5-3-10(4-6-11)9-16-14(18)12-7-8-13(12)15(19)20/h3-6,12-13H,7-9H2,1-2H3,(H,16,18)(H,19,20). The van der Waals surface area contributed by atoms with Crippen LogP contribution in [0.25, 0.3) is 0 Å². The first-order chi connectivity index (χ1) is 10.7. The molecule has 23 heavy (non-hydrogen) atoms. The Morgan fingerprint density at radius 1 is 1.17 bits per heavy atom. The number of carbonyl (C=O) groups is 2. The molecule has 0 spiro atoms. The van der Waals surface area contributed by atoms with Crippen LogP contribution in [0.4, 0.5) is 0 Å². The van der Waals surface area contributed by atoms with Crippen LogP contribution in [0.2, 0.25) is 0 Å². The van der Waals surface area contributed by atoms with Gasteiger partial charge in [-0.15, -0.1) is 0 Å². The molecule has 0 radical (unpaired) electrons. The number of sulfonamides is 1. The van der Waals surface area contributed by atoms with E-state index in [4.69, 9.17) is 5.11 Å². The van der Waals surface area contributed by atoms with Gasteiger partial charge in [-0.2, -0.15) is 0 Å². The molecule has 1 aliphatic rings. The van der Waals surface area contributed by atoms with Crippen LogP contribution < -0.4 is 5.32 Å². The molecule has 0 saturated heterocycles. The van der Waals surface area contributed by atoms with Gasteiger partial charge < -0.3 is 10.4 Å². The molecule has 126 valence electrons. The van der Waals surface area contributed by atoms with Gasteiger partial charge >= 0.3 is 5.97 Å². The minimum atomic E-state index is -3.47. The third-order valence-electron chi connectivity index (χ3n) is 4.10. The Balaban J connectivity index is 1.95. The topological polar surface area (TPSA) is 104 Å². The van der Waals surface area contributed by atoms with E-state index in [9.17, 15) is 18.0 Å². The molecule has 1 aromatic rings. The summed E-state index contributed by atoms with van der Waals surface area (Å²) >= 11 is 0. The third-order valence-corrected chi connectivity index (χ3v) is 5.93. The van der Waals surface area contributed by atoms with Gasteiger partial charge in [0.2, 0.25) is 15.9 Å². The summed E-state index contributed by atoms with van der Waals surface area (Å²) in [4.78, 5) is 23.1. The van der Waals surface area contributed by atoms with Gasteiger partial charge in [-0.3, -0.25) is 9.59 Å². The van der Waals surface area contributed by atoms with Crippen molar-refractivity contribution in [2.45, 2.75) is 24.3 Å². The average Bonchev–Trinajstić information content (AvgIpc) is 2.43. The molecule has 2 rings (SSSR count). The Morgan fingerprint density at radius 2 is 1.74 bits per heavy atom. The maximum atomic E-state index is 12.0. The van der Waals surface area contributed by atoms with Crippen molar-refractivity contribution in [2.24, 2.45) is 11.8 Å². The summed E-state index contributed by atoms with van der Waals surface area (Å²) in [5.74, 6) is -2.27. The summed E-state index contributed by atoms with van der Waals surface area (Å²) in [5.41, 5.74) is 0.752. The Kier molecular flexibility index (Phi) is 5.06. The van der Waals surface area contributed by atoms with E-state index in [0.717, 1.165) is 9.87 Å². The molecule has 0 aliphatic heterocycles. The molecule has 1 saturated carbocycles. The van der Waals surface area contributed by atoms with Gasteiger partial charge in [0, 0.05) is 20.6 Å². The zero-order valence-electron chi connectivity index (χ0n) is 13.0. The fourth-order valence-electron chi connectivity index (χ4n) is 2.42. The number of aliphatic carboxylic acids is 1. The summed E-state index contributed by atoms with van der Waals surface area (Å²) in [7, 11) is -0.551. The van der Waals surface area contributed by atoms with E-state index in [2.05, 4.69) is 5.32 Å². The number of nitrogens with zero attached hydrogens (tertiary/aromatic N) is 1. The van der Waals surface area contributed by atoms with Crippen LogP contribution in [0.5, 0.6) is 0 Å². The number of carboxylic acids is 1. The first kappa shape index (κ1) is 17.4. The van der Waals surface area contributed by atoms with Crippen molar-refractivity contribution in [3.63, 3.8) is 0 Å². The summed E-state index contributed by atoms with van der Waals surface area (Å²) in [6.07, 6.45) is 1.12. The zero-order chi connectivity index (χ0) is 17.2. The highest BCUT2D eigenvalue weighted by Crippen LogP contribution is 2.34. The fraction of sp³-hybridized carbons (Fsp3) is 0.467. The Morgan fingerprint density at radius 3 is 2.17 bits per heavy atom. The average molecular weight is 340 g/mol. The van der Waals surface area contributed by atoms with Gasteiger partial charge in [-0.1, -0.05) is 12.1 Å². The van der Waals surface area contributed by atoms with Crippen molar-refractivity contribution in [2.75, 3.05) is 14.1 Å². The van der Waals surface area contributed by atoms with Crippen molar-refractivity contribution in [3.8, 4) is 0 Å². The van der Waals surface area contributed by atoms with Gasteiger partial charge in [-0.05, 0) is 30.5 Å². The lowest BCUT2D eigenvalue weighted by atomic mass is 9.73. The monoisotopic (exact) mass is 340 g/mol. The van der Waals surface area contributed by atoms with Crippen LogP contribution in [0.15, 0.2) is 29.2 Å². The Hall–Kier alpha value is -1.93. The van der Waals surface area contributed by atoms with Crippen LogP contribution in [-0.4, -0.2) is 43.8 Å². The van der Waals surface area contributed by atoms with Crippen LogP contribution in [0, 0.1) is 11.8 Å². The SMILES string of the molecule is CN(C)S(=O)(=O)c1ccc(CNC(=O)C2CCC2C(=O)O)cc1. The third kappa shape index (κ3) is 3.70. The van der Waals surface area contributed by atoms with Crippen LogP contribution in [-0.2, 0) is 26.2 Å². The molecule has 0 bridgehead atoms. The smallest absolute Gasteiger partial charge is 0.307 e. The van der Waals surface area contributed by atoms with Crippen molar-refractivity contribution in [1.82, 2.24) is 9.62 Å². The molecule has 1 aromatic carbocycles. The lowest BCUT2D eigenvalue weighted by Crippen LogP contribution is -2.43. The number of carbonyl (C=O) groups excluding carboxylic acids is 1. The molecule has 0 heterocycles. The highest BCUT2D eigenvalue weighted by atomic mass is 32.2. The van der Waals surface area contributed by atoms with E-state index >= 15 is 0 Å². The molecule has 8 heteroatoms. The first-order valence-corrected chi connectivity index (χ1v) is 8.69. The molecule has 1 aliphatic carbocycles. The van der Waals surface area contributed by atoms with Gasteiger partial charge in [-0.25, -0.2) is 12.7 Å². The summed E-state index contributed by atoms with van der Waals surface area (Å²) in [5, 5.41) is 11.7. The lowest BCUT2D eigenvalue weighted by molar-refractivity contribution is -0.152. The molecule has 1 amide bonds. The van der Waals surface area contributed by atoms with Gasteiger partial charge in [0.05, 0.1) is 16.7 Å². The molecular formula is C15H20N2O5S. The van der Waals surface area contributed by atoms with Gasteiger partial charge in [0.15, 0.2) is 0 Å². The summed E-state index contributed by atoms with van der Waals surface area (Å²) in [6.45, 7) is 0.240. The second kappa shape index (κ2) is 6.67. The van der Waals surface area contributed by atoms with Crippen molar-refractivity contribution in [1.29, 1.82) is 0 Å². The van der Waals surface area contributed by atoms with E-state index < -0.39 is 27.8 Å². The highest BCUT2D eigenvalue weighted by Gasteiger charge is 2.41. The highest BCUT2D eigenvalue weighted by molar-refractivity contribution is 7.89. The zero-order valence-corrected chi connectivity index (χ0v) is 13.8. The quantitative estimate of drug-likeness (QED) is 0.792. The minimum absolute atomic E-state index is 0.183. The number of benzene rings is 1. The number of rotatable bonds is 6. The van der Waals surface area contributed by atoms with E-state index in [1.54, 1.807) is 12.1 Å². The first-order valence-electron chi connectivity index (χ1n) is 7.25. The predicted octanol–water partition coefficient (Wildman–Crippen LogP) is 0.664. The second-order valence-corrected chi connectivity index (χ2v) is 7.93. The van der Waals surface area contributed by atoms with Gasteiger partial charge in [0.25, 0.3) is 0 Å². The van der Waals surface area contributed by atoms with E-state index in [0.29, 0.717) is 12.8 Å². The molecular weight excluding hydrogens is 320 g/mol. The second-order valence-electron chi connectivity index (χ2n) is 5.78. The van der Waals surface area contributed by atoms with Crippen LogP contribution >= 0.6 is 0 Å². The van der Waals surface area contributed by atoms with Crippen molar-refractivity contribution in [3.05, 3.63) is 29.8 Å². The molecule has 2 unspecified atom stereocenters. The Bertz CT molecular complexity index is 697. The number of hydrogen-bond acceptors (Lipinski definition) is 4. The predicted molar refractivity (Wildman–Crippen MR) is 83.0 cm³/mol. The number of nitrogens with one attached hydrogen (secondary N) is 1. The van der Waals surface area contributed by atoms with Crippen LogP contribution in [0.1, 0.15) is 18.4 Å². The van der Waals surface area contributed by atoms with Gasteiger partial charge in [0.1, 0.15) is 0 Å². The van der Waals surface area contributed by atoms with Crippen molar-refractivity contribution >= 4 is 21.9 Å².